The lowest BCUT2D eigenvalue weighted by Gasteiger charge is -2.49. The summed E-state index contributed by atoms with van der Waals surface area (Å²) in [5.74, 6) is 1.42. The van der Waals surface area contributed by atoms with Crippen molar-refractivity contribution in [2.24, 2.45) is 5.92 Å². The van der Waals surface area contributed by atoms with E-state index in [9.17, 15) is 0 Å². The molecule has 118 valence electrons. The van der Waals surface area contributed by atoms with Gasteiger partial charge in [-0.05, 0) is 32.1 Å². The van der Waals surface area contributed by atoms with E-state index in [1.165, 1.54) is 17.8 Å². The van der Waals surface area contributed by atoms with E-state index in [1.54, 1.807) is 0 Å². The number of hydrogen-bond donors (Lipinski definition) is 1. The third kappa shape index (κ3) is 2.33. The van der Waals surface area contributed by atoms with Gasteiger partial charge in [0, 0.05) is 24.0 Å². The molecule has 1 N–H and O–H groups in total. The van der Waals surface area contributed by atoms with E-state index >= 15 is 0 Å². The average Bonchev–Trinajstić information content (AvgIpc) is 3.10. The molecule has 1 spiro atoms. The maximum absolute atomic E-state index is 5.92. The Kier molecular flexibility index (Phi) is 3.87. The van der Waals surface area contributed by atoms with Gasteiger partial charge in [-0.2, -0.15) is 0 Å². The van der Waals surface area contributed by atoms with Crippen molar-refractivity contribution in [2.45, 2.75) is 71.0 Å². The Hall–Kier alpha value is -0.870. The van der Waals surface area contributed by atoms with Gasteiger partial charge < -0.3 is 14.5 Å². The van der Waals surface area contributed by atoms with Crippen molar-refractivity contribution in [3.63, 3.8) is 0 Å². The van der Waals surface area contributed by atoms with Gasteiger partial charge in [-0.1, -0.05) is 20.8 Å². The zero-order valence-corrected chi connectivity index (χ0v) is 13.8. The maximum Gasteiger partial charge on any atom is 0.168 e. The van der Waals surface area contributed by atoms with Gasteiger partial charge in [0.15, 0.2) is 5.79 Å². The number of aromatic nitrogens is 2. The molecule has 2 fully saturated rings. The number of nitrogens with one attached hydrogen (secondary N) is 1. The molecular weight excluding hydrogens is 264 g/mol. The number of imidazole rings is 1. The van der Waals surface area contributed by atoms with Crippen LogP contribution in [0, 0.1) is 12.8 Å². The van der Waals surface area contributed by atoms with Gasteiger partial charge in [0.1, 0.15) is 5.82 Å². The molecule has 1 unspecified atom stereocenters. The highest BCUT2D eigenvalue weighted by Crippen LogP contribution is 2.53. The van der Waals surface area contributed by atoms with Gasteiger partial charge in [0.05, 0.1) is 18.9 Å². The zero-order chi connectivity index (χ0) is 15.1. The van der Waals surface area contributed by atoms with Crippen LogP contribution in [0.25, 0.3) is 0 Å². The van der Waals surface area contributed by atoms with E-state index in [0.717, 1.165) is 44.7 Å². The molecule has 0 aromatic carbocycles. The molecule has 1 aromatic heterocycles. The lowest BCUT2D eigenvalue weighted by atomic mass is 9.59. The number of ether oxygens (including phenoxy) is 2. The third-order valence-electron chi connectivity index (χ3n) is 5.48. The van der Waals surface area contributed by atoms with Crippen molar-refractivity contribution >= 4 is 0 Å². The smallest absolute Gasteiger partial charge is 0.168 e. The first kappa shape index (κ1) is 15.0. The van der Waals surface area contributed by atoms with Gasteiger partial charge in [-0.3, -0.25) is 0 Å². The Morgan fingerprint density at radius 1 is 1.19 bits per heavy atom. The number of aromatic amines is 1. The summed E-state index contributed by atoms with van der Waals surface area (Å²) >= 11 is 0. The number of hydrogen-bond acceptors (Lipinski definition) is 3. The minimum Gasteiger partial charge on any atom is -0.348 e. The first-order valence-corrected chi connectivity index (χ1v) is 8.45. The molecule has 0 radical (unpaired) electrons. The van der Waals surface area contributed by atoms with Crippen molar-refractivity contribution < 1.29 is 9.47 Å². The summed E-state index contributed by atoms with van der Waals surface area (Å²) < 4.78 is 11.8. The van der Waals surface area contributed by atoms with Crippen molar-refractivity contribution in [3.05, 3.63) is 17.2 Å². The van der Waals surface area contributed by atoms with Crippen LogP contribution in [0.4, 0.5) is 0 Å². The quantitative estimate of drug-likeness (QED) is 0.796. The summed E-state index contributed by atoms with van der Waals surface area (Å²) in [5.41, 5.74) is 2.88. The summed E-state index contributed by atoms with van der Waals surface area (Å²) in [4.78, 5) is 8.23. The zero-order valence-electron chi connectivity index (χ0n) is 13.8. The highest BCUT2D eigenvalue weighted by molar-refractivity contribution is 5.29. The third-order valence-corrected chi connectivity index (χ3v) is 5.48. The van der Waals surface area contributed by atoms with Crippen molar-refractivity contribution in [1.82, 2.24) is 9.97 Å². The van der Waals surface area contributed by atoms with E-state index in [4.69, 9.17) is 14.5 Å². The van der Waals surface area contributed by atoms with E-state index in [2.05, 4.69) is 18.8 Å². The van der Waals surface area contributed by atoms with Crippen LogP contribution in [0.3, 0.4) is 0 Å². The average molecular weight is 292 g/mol. The van der Waals surface area contributed by atoms with Gasteiger partial charge >= 0.3 is 0 Å². The van der Waals surface area contributed by atoms with Gasteiger partial charge in [-0.25, -0.2) is 4.98 Å². The fourth-order valence-electron chi connectivity index (χ4n) is 4.36. The number of fused-ring (bicyclic) bond motifs is 3. The molecular formula is C17H28N2O2. The predicted octanol–water partition coefficient (Wildman–Crippen LogP) is 3.49. The summed E-state index contributed by atoms with van der Waals surface area (Å²) in [6.07, 6.45) is 5.50. The fourth-order valence-corrected chi connectivity index (χ4v) is 4.36. The molecule has 0 amide bonds. The van der Waals surface area contributed by atoms with Crippen molar-refractivity contribution in [1.29, 1.82) is 0 Å². The summed E-state index contributed by atoms with van der Waals surface area (Å²) in [6, 6.07) is 0. The molecule has 1 aliphatic heterocycles. The molecule has 4 nitrogen and oxygen atoms in total. The molecule has 2 aliphatic carbocycles. The second-order valence-corrected chi connectivity index (χ2v) is 6.61. The van der Waals surface area contributed by atoms with E-state index in [-0.39, 0.29) is 11.2 Å². The lowest BCUT2D eigenvalue weighted by Crippen LogP contribution is -2.49. The van der Waals surface area contributed by atoms with Crippen molar-refractivity contribution in [3.8, 4) is 0 Å². The van der Waals surface area contributed by atoms with Crippen LogP contribution in [-0.2, 0) is 21.3 Å². The van der Waals surface area contributed by atoms with Crippen LogP contribution >= 0.6 is 0 Å². The second kappa shape index (κ2) is 5.40. The van der Waals surface area contributed by atoms with Crippen LogP contribution in [0.15, 0.2) is 0 Å². The van der Waals surface area contributed by atoms with Crippen LogP contribution in [0.2, 0.25) is 0 Å². The molecule has 0 bridgehead atoms. The standard InChI is InChI=1S/C15H22N2O2.C2H6/c1-10-16-12-4-3-11-9-15(18-7-8-19-15)6-5-14(11,2)13(12)17-10;1-2/h11H,3-9H2,1-2H3,(H,16,17);1-2H3/t11?,14-;/m0./s1. The highest BCUT2D eigenvalue weighted by Gasteiger charge is 2.53. The number of rotatable bonds is 0. The van der Waals surface area contributed by atoms with E-state index < -0.39 is 0 Å². The molecule has 4 heteroatoms. The summed E-state index contributed by atoms with van der Waals surface area (Å²) in [7, 11) is 0. The van der Waals surface area contributed by atoms with E-state index in [1.807, 2.05) is 13.8 Å². The second-order valence-electron chi connectivity index (χ2n) is 6.61. The maximum atomic E-state index is 5.92. The minimum absolute atomic E-state index is 0.207. The van der Waals surface area contributed by atoms with Crippen LogP contribution in [0.1, 0.15) is 63.7 Å². The molecule has 2 heterocycles. The van der Waals surface area contributed by atoms with Crippen LogP contribution in [-0.4, -0.2) is 29.0 Å². The predicted molar refractivity (Wildman–Crippen MR) is 82.3 cm³/mol. The molecule has 21 heavy (non-hydrogen) atoms. The molecule has 1 saturated carbocycles. The van der Waals surface area contributed by atoms with E-state index in [0.29, 0.717) is 5.92 Å². The number of aryl methyl sites for hydroxylation is 2. The lowest BCUT2D eigenvalue weighted by molar-refractivity contribution is -0.199. The first-order valence-electron chi connectivity index (χ1n) is 8.45. The Bertz CT molecular complexity index is 505. The first-order chi connectivity index (χ1) is 10.1. The number of nitrogens with zero attached hydrogens (tertiary/aromatic N) is 1. The Labute approximate surface area is 127 Å². The van der Waals surface area contributed by atoms with Crippen LogP contribution in [0.5, 0.6) is 0 Å². The van der Waals surface area contributed by atoms with Gasteiger partial charge in [0.25, 0.3) is 0 Å². The molecule has 4 rings (SSSR count). The molecule has 1 aromatic rings. The largest absolute Gasteiger partial charge is 0.348 e. The van der Waals surface area contributed by atoms with Crippen molar-refractivity contribution in [2.75, 3.05) is 13.2 Å². The van der Waals surface area contributed by atoms with Gasteiger partial charge in [0.2, 0.25) is 0 Å². The summed E-state index contributed by atoms with van der Waals surface area (Å²) in [5, 5.41) is 0. The van der Waals surface area contributed by atoms with Crippen LogP contribution < -0.4 is 0 Å². The summed E-state index contributed by atoms with van der Waals surface area (Å²) in [6.45, 7) is 9.97. The molecule has 2 atom stereocenters. The fraction of sp³-hybridized carbons (Fsp3) is 0.824. The molecule has 1 saturated heterocycles. The normalized spacial score (nSPS) is 33.0. The Morgan fingerprint density at radius 2 is 1.90 bits per heavy atom. The minimum atomic E-state index is -0.271. The topological polar surface area (TPSA) is 47.1 Å². The Morgan fingerprint density at radius 3 is 2.62 bits per heavy atom. The van der Waals surface area contributed by atoms with Gasteiger partial charge in [-0.15, -0.1) is 0 Å². The molecule has 3 aliphatic rings. The number of H-pyrrole nitrogens is 1. The SMILES string of the molecule is CC.Cc1nc2c([nH]1)CCC1CC3(CC[C@]21C)OCCO3. The highest BCUT2D eigenvalue weighted by atomic mass is 16.7. The monoisotopic (exact) mass is 292 g/mol. The Balaban J connectivity index is 0.000000636.